The van der Waals surface area contributed by atoms with Crippen molar-refractivity contribution < 1.29 is 13.2 Å². The lowest BCUT2D eigenvalue weighted by Gasteiger charge is -2.10. The van der Waals surface area contributed by atoms with Crippen molar-refractivity contribution in [2.45, 2.75) is 18.7 Å². The van der Waals surface area contributed by atoms with Crippen LogP contribution in [0.15, 0.2) is 24.3 Å². The summed E-state index contributed by atoms with van der Waals surface area (Å²) >= 11 is 0. The predicted octanol–water partition coefficient (Wildman–Crippen LogP) is 0.608. The second kappa shape index (κ2) is 5.65. The lowest BCUT2D eigenvalue weighted by Crippen LogP contribution is -2.37. The minimum absolute atomic E-state index is 0.203. The van der Waals surface area contributed by atoms with E-state index in [1.165, 1.54) is 6.92 Å². The smallest absolute Gasteiger partial charge is 0.238 e. The Morgan fingerprint density at radius 3 is 2.72 bits per heavy atom. The average Bonchev–Trinajstić information content (AvgIpc) is 2.34. The van der Waals surface area contributed by atoms with Gasteiger partial charge in [-0.3, -0.25) is 4.79 Å². The molecule has 1 atom stereocenters. The van der Waals surface area contributed by atoms with Gasteiger partial charge in [-0.05, 0) is 24.6 Å². The van der Waals surface area contributed by atoms with Gasteiger partial charge in [0, 0.05) is 12.8 Å². The molecule has 1 rings (SSSR count). The number of hydrogen-bond acceptors (Lipinski definition) is 4. The van der Waals surface area contributed by atoms with E-state index in [4.69, 9.17) is 5.26 Å². The molecular formula is C12H14N2O3S. The highest BCUT2D eigenvalue weighted by Gasteiger charge is 2.22. The third-order valence-electron chi connectivity index (χ3n) is 2.53. The molecule has 18 heavy (non-hydrogen) atoms. The molecule has 0 spiro atoms. The van der Waals surface area contributed by atoms with E-state index in [1.807, 2.05) is 6.07 Å². The maximum atomic E-state index is 11.6. The molecule has 1 N–H and O–H groups in total. The van der Waals surface area contributed by atoms with Crippen LogP contribution in [0.1, 0.15) is 18.1 Å². The van der Waals surface area contributed by atoms with Crippen molar-refractivity contribution in [1.82, 2.24) is 5.32 Å². The molecule has 96 valence electrons. The summed E-state index contributed by atoms with van der Waals surface area (Å²) in [4.78, 5) is 11.6. The van der Waals surface area contributed by atoms with E-state index in [0.29, 0.717) is 5.56 Å². The Kier molecular flexibility index (Phi) is 4.45. The van der Waals surface area contributed by atoms with Gasteiger partial charge in [-0.2, -0.15) is 5.26 Å². The Labute approximate surface area is 106 Å². The van der Waals surface area contributed by atoms with E-state index in [0.717, 1.165) is 11.8 Å². The Bertz CT molecular complexity index is 588. The van der Waals surface area contributed by atoms with Gasteiger partial charge in [0.25, 0.3) is 0 Å². The molecule has 0 aliphatic heterocycles. The maximum Gasteiger partial charge on any atom is 0.238 e. The predicted molar refractivity (Wildman–Crippen MR) is 67.3 cm³/mol. The standard InChI is InChI=1S/C12H14N2O3S/c1-9(18(2,16)17)12(15)14-8-11-5-3-4-10(6-11)7-13/h3-6,9H,8H2,1-2H3,(H,14,15). The molecule has 0 fully saturated rings. The summed E-state index contributed by atoms with van der Waals surface area (Å²) in [5, 5.41) is 10.2. The molecule has 5 nitrogen and oxygen atoms in total. The fourth-order valence-electron chi connectivity index (χ4n) is 1.28. The van der Waals surface area contributed by atoms with E-state index >= 15 is 0 Å². The Balaban J connectivity index is 2.66. The van der Waals surface area contributed by atoms with E-state index in [1.54, 1.807) is 24.3 Å². The lowest BCUT2D eigenvalue weighted by atomic mass is 10.1. The number of nitrogens with zero attached hydrogens (tertiary/aromatic N) is 1. The number of rotatable bonds is 4. The molecule has 1 unspecified atom stereocenters. The molecular weight excluding hydrogens is 252 g/mol. The first-order valence-corrected chi connectivity index (χ1v) is 7.25. The Morgan fingerprint density at radius 2 is 2.17 bits per heavy atom. The van der Waals surface area contributed by atoms with Crippen LogP contribution in [0.2, 0.25) is 0 Å². The fraction of sp³-hybridized carbons (Fsp3) is 0.333. The molecule has 1 amide bonds. The number of carbonyl (C=O) groups is 1. The lowest BCUT2D eigenvalue weighted by molar-refractivity contribution is -0.120. The van der Waals surface area contributed by atoms with E-state index in [-0.39, 0.29) is 6.54 Å². The second-order valence-corrected chi connectivity index (χ2v) is 6.37. The Hall–Kier alpha value is -1.87. The van der Waals surface area contributed by atoms with Crippen molar-refractivity contribution in [2.24, 2.45) is 0 Å². The van der Waals surface area contributed by atoms with Gasteiger partial charge < -0.3 is 5.32 Å². The number of nitriles is 1. The van der Waals surface area contributed by atoms with Gasteiger partial charge in [-0.1, -0.05) is 12.1 Å². The van der Waals surface area contributed by atoms with Crippen molar-refractivity contribution in [3.8, 4) is 6.07 Å². The van der Waals surface area contributed by atoms with E-state index in [9.17, 15) is 13.2 Å². The monoisotopic (exact) mass is 266 g/mol. The van der Waals surface area contributed by atoms with Crippen LogP contribution in [-0.4, -0.2) is 25.8 Å². The number of nitrogens with one attached hydrogen (secondary N) is 1. The number of sulfone groups is 1. The first-order valence-electron chi connectivity index (χ1n) is 5.30. The van der Waals surface area contributed by atoms with Crippen LogP contribution >= 0.6 is 0 Å². The van der Waals surface area contributed by atoms with Gasteiger partial charge >= 0.3 is 0 Å². The number of hydrogen-bond donors (Lipinski definition) is 1. The molecule has 0 radical (unpaired) electrons. The maximum absolute atomic E-state index is 11.6. The molecule has 0 bridgehead atoms. The molecule has 1 aromatic rings. The van der Waals surface area contributed by atoms with E-state index < -0.39 is 21.0 Å². The molecule has 0 saturated carbocycles. The van der Waals surface area contributed by atoms with Crippen molar-refractivity contribution >= 4 is 15.7 Å². The van der Waals surface area contributed by atoms with Gasteiger partial charge in [0.15, 0.2) is 9.84 Å². The van der Waals surface area contributed by atoms with Gasteiger partial charge in [-0.15, -0.1) is 0 Å². The average molecular weight is 266 g/mol. The van der Waals surface area contributed by atoms with Crippen LogP contribution in [0.25, 0.3) is 0 Å². The van der Waals surface area contributed by atoms with Crippen LogP contribution in [0, 0.1) is 11.3 Å². The summed E-state index contributed by atoms with van der Waals surface area (Å²) in [6.07, 6.45) is 1.02. The highest BCUT2D eigenvalue weighted by Crippen LogP contribution is 2.04. The van der Waals surface area contributed by atoms with Gasteiger partial charge in [0.05, 0.1) is 11.6 Å². The number of carbonyl (C=O) groups excluding carboxylic acids is 1. The minimum atomic E-state index is -3.38. The summed E-state index contributed by atoms with van der Waals surface area (Å²) in [6, 6.07) is 8.76. The number of amides is 1. The zero-order valence-corrected chi connectivity index (χ0v) is 11.0. The van der Waals surface area contributed by atoms with Crippen LogP contribution < -0.4 is 5.32 Å². The molecule has 6 heteroatoms. The quantitative estimate of drug-likeness (QED) is 0.864. The van der Waals surface area contributed by atoms with Crippen LogP contribution in [0.4, 0.5) is 0 Å². The van der Waals surface area contributed by atoms with E-state index in [2.05, 4.69) is 5.32 Å². The third kappa shape index (κ3) is 3.86. The zero-order chi connectivity index (χ0) is 13.8. The highest BCUT2D eigenvalue weighted by atomic mass is 32.2. The molecule has 1 aromatic carbocycles. The summed E-state index contributed by atoms with van der Waals surface area (Å²) in [5.74, 6) is -0.542. The first-order chi connectivity index (χ1) is 8.34. The minimum Gasteiger partial charge on any atom is -0.351 e. The molecule has 0 heterocycles. The molecule has 0 saturated heterocycles. The van der Waals surface area contributed by atoms with Crippen LogP contribution in [0.5, 0.6) is 0 Å². The Morgan fingerprint density at radius 1 is 1.50 bits per heavy atom. The second-order valence-electron chi connectivity index (χ2n) is 4.00. The highest BCUT2D eigenvalue weighted by molar-refractivity contribution is 7.92. The summed E-state index contributed by atoms with van der Waals surface area (Å²) in [7, 11) is -3.38. The summed E-state index contributed by atoms with van der Waals surface area (Å²) < 4.78 is 22.4. The zero-order valence-electron chi connectivity index (χ0n) is 10.2. The number of benzene rings is 1. The molecule has 0 aliphatic rings. The van der Waals surface area contributed by atoms with Crippen molar-refractivity contribution in [2.75, 3.05) is 6.26 Å². The summed E-state index contributed by atoms with van der Waals surface area (Å²) in [6.45, 7) is 1.55. The van der Waals surface area contributed by atoms with Crippen molar-refractivity contribution in [3.63, 3.8) is 0 Å². The molecule has 0 aromatic heterocycles. The van der Waals surface area contributed by atoms with Crippen molar-refractivity contribution in [1.29, 1.82) is 5.26 Å². The summed E-state index contributed by atoms with van der Waals surface area (Å²) in [5.41, 5.74) is 1.25. The first kappa shape index (κ1) is 14.2. The van der Waals surface area contributed by atoms with Gasteiger partial charge in [0.2, 0.25) is 5.91 Å². The van der Waals surface area contributed by atoms with Gasteiger partial charge in [0.1, 0.15) is 5.25 Å². The molecule has 0 aliphatic carbocycles. The van der Waals surface area contributed by atoms with Crippen molar-refractivity contribution in [3.05, 3.63) is 35.4 Å². The third-order valence-corrected chi connectivity index (χ3v) is 4.03. The normalized spacial score (nSPS) is 12.5. The van der Waals surface area contributed by atoms with Crippen LogP contribution in [0.3, 0.4) is 0 Å². The fourth-order valence-corrected chi connectivity index (χ4v) is 1.75. The van der Waals surface area contributed by atoms with Crippen LogP contribution in [-0.2, 0) is 21.2 Å². The SMILES string of the molecule is CC(C(=O)NCc1cccc(C#N)c1)S(C)(=O)=O. The largest absolute Gasteiger partial charge is 0.351 e. The van der Waals surface area contributed by atoms with Gasteiger partial charge in [-0.25, -0.2) is 8.42 Å². The topological polar surface area (TPSA) is 87.0 Å².